The summed E-state index contributed by atoms with van der Waals surface area (Å²) in [4.78, 5) is 12.3. The Morgan fingerprint density at radius 1 is 1.53 bits per heavy atom. The summed E-state index contributed by atoms with van der Waals surface area (Å²) in [6, 6.07) is 8.09. The van der Waals surface area contributed by atoms with E-state index in [-0.39, 0.29) is 0 Å². The second-order valence-corrected chi connectivity index (χ2v) is 3.46. The molecule has 0 aliphatic carbocycles. The number of likely N-dealkylation sites (N-methyl/N-ethyl adjacent to an activating group) is 1. The van der Waals surface area contributed by atoms with E-state index in [0.29, 0.717) is 6.54 Å². The van der Waals surface area contributed by atoms with Crippen LogP contribution in [0.4, 0.5) is 5.69 Å². The maximum absolute atomic E-state index is 10.3. The van der Waals surface area contributed by atoms with Gasteiger partial charge in [0, 0.05) is 25.4 Å². The molecular formula is C12H15NO2. The van der Waals surface area contributed by atoms with Crippen molar-refractivity contribution in [2.75, 3.05) is 18.5 Å². The third kappa shape index (κ3) is 3.85. The highest BCUT2D eigenvalue weighted by Gasteiger charge is 1.98. The zero-order valence-electron chi connectivity index (χ0n) is 8.97. The quantitative estimate of drug-likeness (QED) is 0.765. The number of carboxylic acid groups (broad SMARTS) is 1. The van der Waals surface area contributed by atoms with Crippen LogP contribution in [0.2, 0.25) is 0 Å². The first-order chi connectivity index (χ1) is 7.09. The van der Waals surface area contributed by atoms with Crippen LogP contribution in [0.1, 0.15) is 5.56 Å². The van der Waals surface area contributed by atoms with Crippen LogP contribution in [0.3, 0.4) is 0 Å². The van der Waals surface area contributed by atoms with E-state index >= 15 is 0 Å². The van der Waals surface area contributed by atoms with Gasteiger partial charge < -0.3 is 10.0 Å². The summed E-state index contributed by atoms with van der Waals surface area (Å²) in [5.74, 6) is -0.910. The fourth-order valence-corrected chi connectivity index (χ4v) is 1.28. The van der Waals surface area contributed by atoms with Gasteiger partial charge in [-0.3, -0.25) is 0 Å². The fraction of sp³-hybridized carbons (Fsp3) is 0.250. The van der Waals surface area contributed by atoms with E-state index in [0.717, 1.165) is 11.8 Å². The lowest BCUT2D eigenvalue weighted by molar-refractivity contribution is -0.131. The van der Waals surface area contributed by atoms with Gasteiger partial charge in [-0.15, -0.1) is 0 Å². The van der Waals surface area contributed by atoms with E-state index in [1.807, 2.05) is 37.1 Å². The number of anilines is 1. The molecule has 0 amide bonds. The SMILES string of the molecule is Cc1cccc(N(C)C/C=C/C(=O)O)c1. The molecule has 15 heavy (non-hydrogen) atoms. The van der Waals surface area contributed by atoms with Crippen LogP contribution >= 0.6 is 0 Å². The standard InChI is InChI=1S/C12H15NO2/c1-10-5-3-6-11(9-10)13(2)8-4-7-12(14)15/h3-7,9H,8H2,1-2H3,(H,14,15)/b7-4+. The predicted octanol–water partition coefficient (Wildman–Crippen LogP) is 2.07. The molecule has 0 atom stereocenters. The Labute approximate surface area is 89.6 Å². The minimum absolute atomic E-state index is 0.593. The summed E-state index contributed by atoms with van der Waals surface area (Å²) in [6.45, 7) is 2.63. The molecule has 3 heteroatoms. The molecule has 0 saturated heterocycles. The van der Waals surface area contributed by atoms with Gasteiger partial charge in [-0.2, -0.15) is 0 Å². The predicted molar refractivity (Wildman–Crippen MR) is 61.2 cm³/mol. The van der Waals surface area contributed by atoms with Crippen molar-refractivity contribution in [1.82, 2.24) is 0 Å². The number of aryl methyl sites for hydroxylation is 1. The number of aliphatic carboxylic acids is 1. The summed E-state index contributed by atoms with van der Waals surface area (Å²) in [6.07, 6.45) is 2.79. The highest BCUT2D eigenvalue weighted by molar-refractivity contribution is 5.79. The first-order valence-corrected chi connectivity index (χ1v) is 4.77. The summed E-state index contributed by atoms with van der Waals surface area (Å²) in [5.41, 5.74) is 2.28. The summed E-state index contributed by atoms with van der Waals surface area (Å²) >= 11 is 0. The molecule has 80 valence electrons. The maximum atomic E-state index is 10.3. The Hall–Kier alpha value is -1.77. The number of carboxylic acids is 1. The van der Waals surface area contributed by atoms with Gasteiger partial charge in [-0.1, -0.05) is 18.2 Å². The maximum Gasteiger partial charge on any atom is 0.328 e. The van der Waals surface area contributed by atoms with Crippen molar-refractivity contribution in [3.05, 3.63) is 42.0 Å². The Morgan fingerprint density at radius 3 is 2.87 bits per heavy atom. The van der Waals surface area contributed by atoms with Gasteiger partial charge in [0.15, 0.2) is 0 Å². The molecule has 1 N–H and O–H groups in total. The van der Waals surface area contributed by atoms with Crippen molar-refractivity contribution < 1.29 is 9.90 Å². The van der Waals surface area contributed by atoms with Gasteiger partial charge in [0.2, 0.25) is 0 Å². The van der Waals surface area contributed by atoms with Crippen LogP contribution in [-0.2, 0) is 4.79 Å². The minimum Gasteiger partial charge on any atom is -0.478 e. The zero-order chi connectivity index (χ0) is 11.3. The molecule has 0 unspecified atom stereocenters. The van der Waals surface area contributed by atoms with Gasteiger partial charge >= 0.3 is 5.97 Å². The van der Waals surface area contributed by atoms with E-state index in [1.165, 1.54) is 5.56 Å². The molecule has 1 aromatic carbocycles. The molecule has 0 fully saturated rings. The van der Waals surface area contributed by atoms with Gasteiger partial charge in [-0.05, 0) is 24.6 Å². The minimum atomic E-state index is -0.910. The van der Waals surface area contributed by atoms with Gasteiger partial charge in [0.25, 0.3) is 0 Å². The third-order valence-electron chi connectivity index (χ3n) is 2.08. The van der Waals surface area contributed by atoms with Gasteiger partial charge in [0.1, 0.15) is 0 Å². The average molecular weight is 205 g/mol. The molecule has 0 radical (unpaired) electrons. The second kappa shape index (κ2) is 5.20. The van der Waals surface area contributed by atoms with E-state index in [2.05, 4.69) is 6.07 Å². The zero-order valence-corrected chi connectivity index (χ0v) is 8.97. The number of benzene rings is 1. The van der Waals surface area contributed by atoms with Crippen molar-refractivity contribution in [2.45, 2.75) is 6.92 Å². The van der Waals surface area contributed by atoms with Crippen LogP contribution in [0.5, 0.6) is 0 Å². The topological polar surface area (TPSA) is 40.5 Å². The fourth-order valence-electron chi connectivity index (χ4n) is 1.28. The lowest BCUT2D eigenvalue weighted by Gasteiger charge is -2.17. The van der Waals surface area contributed by atoms with Gasteiger partial charge in [0.05, 0.1) is 0 Å². The van der Waals surface area contributed by atoms with E-state index < -0.39 is 5.97 Å². The van der Waals surface area contributed by atoms with Crippen LogP contribution < -0.4 is 4.90 Å². The Kier molecular flexibility index (Phi) is 3.92. The first kappa shape index (κ1) is 11.3. The van der Waals surface area contributed by atoms with Crippen molar-refractivity contribution >= 4 is 11.7 Å². The largest absolute Gasteiger partial charge is 0.478 e. The number of nitrogens with zero attached hydrogens (tertiary/aromatic N) is 1. The van der Waals surface area contributed by atoms with E-state index in [4.69, 9.17) is 5.11 Å². The molecule has 0 aromatic heterocycles. The van der Waals surface area contributed by atoms with E-state index in [9.17, 15) is 4.79 Å². The normalized spacial score (nSPS) is 10.5. The summed E-state index contributed by atoms with van der Waals surface area (Å²) in [5, 5.41) is 8.44. The Balaban J connectivity index is 2.61. The molecule has 1 aromatic rings. The molecule has 0 spiro atoms. The van der Waals surface area contributed by atoms with Gasteiger partial charge in [-0.25, -0.2) is 4.79 Å². The second-order valence-electron chi connectivity index (χ2n) is 3.46. The molecule has 1 rings (SSSR count). The van der Waals surface area contributed by atoms with E-state index in [1.54, 1.807) is 6.08 Å². The molecule has 0 aliphatic heterocycles. The van der Waals surface area contributed by atoms with Crippen LogP contribution in [0, 0.1) is 6.92 Å². The molecule has 3 nitrogen and oxygen atoms in total. The van der Waals surface area contributed by atoms with Crippen molar-refractivity contribution in [1.29, 1.82) is 0 Å². The summed E-state index contributed by atoms with van der Waals surface area (Å²) in [7, 11) is 1.93. The van der Waals surface area contributed by atoms with Crippen molar-refractivity contribution in [3.63, 3.8) is 0 Å². The monoisotopic (exact) mass is 205 g/mol. The summed E-state index contributed by atoms with van der Waals surface area (Å²) < 4.78 is 0. The van der Waals surface area contributed by atoms with Crippen molar-refractivity contribution in [2.24, 2.45) is 0 Å². The smallest absolute Gasteiger partial charge is 0.328 e. The third-order valence-corrected chi connectivity index (χ3v) is 2.08. The Bertz CT molecular complexity index is 372. The van der Waals surface area contributed by atoms with Crippen molar-refractivity contribution in [3.8, 4) is 0 Å². The highest BCUT2D eigenvalue weighted by atomic mass is 16.4. The van der Waals surface area contributed by atoms with Crippen LogP contribution in [0.15, 0.2) is 36.4 Å². The number of hydrogen-bond acceptors (Lipinski definition) is 2. The molecule has 0 bridgehead atoms. The molecule has 0 aliphatic rings. The lowest BCUT2D eigenvalue weighted by Crippen LogP contribution is -2.16. The molecule has 0 saturated carbocycles. The van der Waals surface area contributed by atoms with Crippen LogP contribution in [0.25, 0.3) is 0 Å². The lowest BCUT2D eigenvalue weighted by atomic mass is 10.2. The van der Waals surface area contributed by atoms with Crippen LogP contribution in [-0.4, -0.2) is 24.7 Å². The molecule has 0 heterocycles. The average Bonchev–Trinajstić information content (AvgIpc) is 2.17. The Morgan fingerprint density at radius 2 is 2.27 bits per heavy atom. The number of hydrogen-bond donors (Lipinski definition) is 1. The first-order valence-electron chi connectivity index (χ1n) is 4.77. The highest BCUT2D eigenvalue weighted by Crippen LogP contribution is 2.13. The molecular weight excluding hydrogens is 190 g/mol. The number of carbonyl (C=O) groups is 1. The number of rotatable bonds is 4.